The second kappa shape index (κ2) is 3.02. The topological polar surface area (TPSA) is 46.2 Å². The normalized spacial score (nSPS) is 50.9. The van der Waals surface area contributed by atoms with Gasteiger partial charge in [0.15, 0.2) is 0 Å². The highest BCUT2D eigenvalue weighted by molar-refractivity contribution is 7.88. The molecule has 16 heavy (non-hydrogen) atoms. The molecule has 3 nitrogen and oxygen atoms in total. The van der Waals surface area contributed by atoms with Gasteiger partial charge in [0.05, 0.1) is 6.26 Å². The molecule has 0 saturated heterocycles. The second-order valence-electron chi connectivity index (χ2n) is 6.93. The average Bonchev–Trinajstić information content (AvgIpc) is 1.91. The standard InChI is InChI=1S/C12H21NO2S/c1-11-4-9-3-10(5-11)7-12(6-9,8-11)13-16(2,14)15/h9-10,13H,3-8H2,1-2H3/t9-,10+,11?,12?. The minimum Gasteiger partial charge on any atom is -0.213 e. The van der Waals surface area contributed by atoms with Crippen LogP contribution in [0.1, 0.15) is 45.4 Å². The average molecular weight is 243 g/mol. The van der Waals surface area contributed by atoms with E-state index >= 15 is 0 Å². The summed E-state index contributed by atoms with van der Waals surface area (Å²) in [5.41, 5.74) is 0.314. The van der Waals surface area contributed by atoms with Gasteiger partial charge >= 0.3 is 0 Å². The van der Waals surface area contributed by atoms with Crippen molar-refractivity contribution < 1.29 is 8.42 Å². The lowest BCUT2D eigenvalue weighted by Gasteiger charge is -2.61. The summed E-state index contributed by atoms with van der Waals surface area (Å²) in [5, 5.41) is 0. The van der Waals surface area contributed by atoms with Crippen molar-refractivity contribution in [1.82, 2.24) is 4.72 Å². The molecular formula is C12H21NO2S. The smallest absolute Gasteiger partial charge is 0.209 e. The molecular weight excluding hydrogens is 222 g/mol. The van der Waals surface area contributed by atoms with E-state index in [-0.39, 0.29) is 5.54 Å². The number of nitrogens with one attached hydrogen (secondary N) is 1. The third-order valence-corrected chi connectivity index (χ3v) is 5.56. The Morgan fingerprint density at radius 2 is 1.69 bits per heavy atom. The van der Waals surface area contributed by atoms with E-state index in [1.807, 2.05) is 0 Å². The molecule has 4 fully saturated rings. The van der Waals surface area contributed by atoms with Crippen molar-refractivity contribution in [3.05, 3.63) is 0 Å². The van der Waals surface area contributed by atoms with Gasteiger partial charge in [-0.1, -0.05) is 6.92 Å². The van der Waals surface area contributed by atoms with Crippen molar-refractivity contribution in [2.24, 2.45) is 17.3 Å². The van der Waals surface area contributed by atoms with E-state index in [0.29, 0.717) is 5.41 Å². The van der Waals surface area contributed by atoms with Crippen LogP contribution in [0.5, 0.6) is 0 Å². The van der Waals surface area contributed by atoms with Crippen molar-refractivity contribution >= 4 is 10.0 Å². The molecule has 0 spiro atoms. The first-order chi connectivity index (χ1) is 7.28. The SMILES string of the molecule is CC12C[C@H]3C[C@@H](C1)CC(NS(C)(=O)=O)(C3)C2. The molecule has 0 aromatic carbocycles. The molecule has 1 N–H and O–H groups in total. The van der Waals surface area contributed by atoms with Crippen LogP contribution in [-0.2, 0) is 10.0 Å². The number of hydrogen-bond acceptors (Lipinski definition) is 2. The summed E-state index contributed by atoms with van der Waals surface area (Å²) in [6.07, 6.45) is 8.47. The predicted octanol–water partition coefficient (Wildman–Crippen LogP) is 1.89. The van der Waals surface area contributed by atoms with Crippen molar-refractivity contribution in [3.63, 3.8) is 0 Å². The van der Waals surface area contributed by atoms with Crippen molar-refractivity contribution in [2.75, 3.05) is 6.26 Å². The fraction of sp³-hybridized carbons (Fsp3) is 1.00. The molecule has 2 unspecified atom stereocenters. The van der Waals surface area contributed by atoms with Crippen LogP contribution in [0.3, 0.4) is 0 Å². The van der Waals surface area contributed by atoms with Gasteiger partial charge in [-0.3, -0.25) is 0 Å². The van der Waals surface area contributed by atoms with E-state index in [2.05, 4.69) is 11.6 Å². The van der Waals surface area contributed by atoms with Crippen LogP contribution in [0.4, 0.5) is 0 Å². The summed E-state index contributed by atoms with van der Waals surface area (Å²) in [6.45, 7) is 2.35. The Bertz CT molecular complexity index is 401. The maximum Gasteiger partial charge on any atom is 0.209 e. The molecule has 4 aliphatic carbocycles. The highest BCUT2D eigenvalue weighted by Crippen LogP contribution is 2.61. The van der Waals surface area contributed by atoms with Crippen LogP contribution < -0.4 is 4.72 Å². The molecule has 4 aliphatic rings. The molecule has 0 heterocycles. The lowest BCUT2D eigenvalue weighted by molar-refractivity contribution is -0.0629. The lowest BCUT2D eigenvalue weighted by atomic mass is 9.48. The molecule has 0 aromatic rings. The van der Waals surface area contributed by atoms with Crippen LogP contribution >= 0.6 is 0 Å². The van der Waals surface area contributed by atoms with E-state index in [1.54, 1.807) is 0 Å². The van der Waals surface area contributed by atoms with E-state index < -0.39 is 10.0 Å². The van der Waals surface area contributed by atoms with Crippen LogP contribution in [0, 0.1) is 17.3 Å². The van der Waals surface area contributed by atoms with E-state index in [9.17, 15) is 8.42 Å². The van der Waals surface area contributed by atoms with Crippen molar-refractivity contribution in [3.8, 4) is 0 Å². The molecule has 4 atom stereocenters. The molecule has 4 saturated carbocycles. The predicted molar refractivity (Wildman–Crippen MR) is 63.5 cm³/mol. The number of sulfonamides is 1. The minimum absolute atomic E-state index is 0.0909. The van der Waals surface area contributed by atoms with Gasteiger partial charge in [-0.05, 0) is 55.8 Å². The molecule has 0 aromatic heterocycles. The van der Waals surface area contributed by atoms with Gasteiger partial charge in [-0.2, -0.15) is 0 Å². The van der Waals surface area contributed by atoms with Gasteiger partial charge in [-0.25, -0.2) is 13.1 Å². The monoisotopic (exact) mass is 243 g/mol. The van der Waals surface area contributed by atoms with Crippen molar-refractivity contribution in [1.29, 1.82) is 0 Å². The number of hydrogen-bond donors (Lipinski definition) is 1. The Hall–Kier alpha value is -0.0900. The quantitative estimate of drug-likeness (QED) is 0.805. The number of rotatable bonds is 2. The lowest BCUT2D eigenvalue weighted by Crippen LogP contribution is -2.62. The zero-order chi connectivity index (χ0) is 11.6. The fourth-order valence-electron chi connectivity index (χ4n) is 5.23. The van der Waals surface area contributed by atoms with Gasteiger partial charge < -0.3 is 0 Å². The third-order valence-electron chi connectivity index (χ3n) is 4.76. The van der Waals surface area contributed by atoms with E-state index in [0.717, 1.165) is 31.1 Å². The molecule has 4 rings (SSSR count). The Morgan fingerprint density at radius 1 is 1.12 bits per heavy atom. The molecule has 92 valence electrons. The second-order valence-corrected chi connectivity index (χ2v) is 8.67. The molecule has 4 heteroatoms. The molecule has 0 aliphatic heterocycles. The Labute approximate surface area is 98.0 Å². The summed E-state index contributed by atoms with van der Waals surface area (Å²) >= 11 is 0. The third kappa shape index (κ3) is 1.80. The van der Waals surface area contributed by atoms with Gasteiger partial charge in [0.1, 0.15) is 0 Å². The van der Waals surface area contributed by atoms with Gasteiger partial charge in [0.2, 0.25) is 10.0 Å². The zero-order valence-electron chi connectivity index (χ0n) is 10.1. The Balaban J connectivity index is 1.92. The van der Waals surface area contributed by atoms with E-state index in [4.69, 9.17) is 0 Å². The van der Waals surface area contributed by atoms with Crippen LogP contribution in [0.2, 0.25) is 0 Å². The fourth-order valence-corrected chi connectivity index (χ4v) is 6.26. The van der Waals surface area contributed by atoms with Crippen LogP contribution in [0.15, 0.2) is 0 Å². The first kappa shape index (κ1) is 11.0. The highest BCUT2D eigenvalue weighted by Gasteiger charge is 2.56. The summed E-state index contributed by atoms with van der Waals surface area (Å²) in [6, 6.07) is 0. The van der Waals surface area contributed by atoms with Crippen LogP contribution in [0.25, 0.3) is 0 Å². The molecule has 0 radical (unpaired) electrons. The molecule has 4 bridgehead atoms. The zero-order valence-corrected chi connectivity index (χ0v) is 10.9. The van der Waals surface area contributed by atoms with Crippen LogP contribution in [-0.4, -0.2) is 20.2 Å². The Morgan fingerprint density at radius 3 is 2.12 bits per heavy atom. The summed E-state index contributed by atoms with van der Waals surface area (Å²) in [4.78, 5) is 0. The van der Waals surface area contributed by atoms with Gasteiger partial charge in [0.25, 0.3) is 0 Å². The highest BCUT2D eigenvalue weighted by atomic mass is 32.2. The molecule has 0 amide bonds. The summed E-state index contributed by atoms with van der Waals surface area (Å²) in [7, 11) is -3.06. The summed E-state index contributed by atoms with van der Waals surface area (Å²) < 4.78 is 26.0. The Kier molecular flexibility index (Phi) is 2.08. The van der Waals surface area contributed by atoms with Crippen molar-refractivity contribution in [2.45, 2.75) is 51.0 Å². The first-order valence-electron chi connectivity index (χ1n) is 6.27. The minimum atomic E-state index is -3.06. The summed E-state index contributed by atoms with van der Waals surface area (Å²) in [5.74, 6) is 1.53. The van der Waals surface area contributed by atoms with E-state index in [1.165, 1.54) is 25.5 Å². The maximum absolute atomic E-state index is 11.5. The maximum atomic E-state index is 11.5. The van der Waals surface area contributed by atoms with Gasteiger partial charge in [-0.15, -0.1) is 0 Å². The van der Waals surface area contributed by atoms with Gasteiger partial charge in [0, 0.05) is 5.54 Å². The largest absolute Gasteiger partial charge is 0.213 e. The first-order valence-corrected chi connectivity index (χ1v) is 8.16.